The molecule has 3 rings (SSSR count). The molecule has 3 N–H and O–H groups in total. The highest BCUT2D eigenvalue weighted by Gasteiger charge is 2.27. The van der Waals surface area contributed by atoms with Crippen LogP contribution < -0.4 is 15.8 Å². The van der Waals surface area contributed by atoms with Gasteiger partial charge in [0.05, 0.1) is 12.8 Å². The first-order chi connectivity index (χ1) is 11.7. The second kappa shape index (κ2) is 8.77. The third kappa shape index (κ3) is 4.67. The van der Waals surface area contributed by atoms with Crippen molar-refractivity contribution in [3.05, 3.63) is 54.1 Å². The molecule has 1 aliphatic rings. The molecular formula is C20H25ClN2O2. The lowest BCUT2D eigenvalue weighted by Gasteiger charge is -2.28. The number of carbonyl (C=O) groups excluding carboxylic acids is 1. The van der Waals surface area contributed by atoms with Gasteiger partial charge in [-0.1, -0.05) is 30.3 Å². The van der Waals surface area contributed by atoms with E-state index in [0.717, 1.165) is 31.4 Å². The van der Waals surface area contributed by atoms with Crippen LogP contribution in [0.25, 0.3) is 0 Å². The largest absolute Gasteiger partial charge is 0.495 e. The molecule has 1 saturated carbocycles. The SMILES string of the molecule is COc1ccc(NC(=O)C2CCC(c3ccccc3)CC2)cc1N.Cl. The number of amides is 1. The van der Waals surface area contributed by atoms with Gasteiger partial charge in [0.1, 0.15) is 5.75 Å². The fourth-order valence-electron chi connectivity index (χ4n) is 3.47. The summed E-state index contributed by atoms with van der Waals surface area (Å²) in [6.45, 7) is 0. The summed E-state index contributed by atoms with van der Waals surface area (Å²) in [4.78, 5) is 12.5. The van der Waals surface area contributed by atoms with Gasteiger partial charge in [-0.25, -0.2) is 0 Å². The van der Waals surface area contributed by atoms with Crippen LogP contribution in [0.3, 0.4) is 0 Å². The van der Waals surface area contributed by atoms with Gasteiger partial charge >= 0.3 is 0 Å². The van der Waals surface area contributed by atoms with E-state index in [2.05, 4.69) is 29.6 Å². The Balaban J connectivity index is 0.00000225. The monoisotopic (exact) mass is 360 g/mol. The number of benzene rings is 2. The smallest absolute Gasteiger partial charge is 0.227 e. The van der Waals surface area contributed by atoms with E-state index in [1.807, 2.05) is 12.1 Å². The summed E-state index contributed by atoms with van der Waals surface area (Å²) in [6.07, 6.45) is 3.98. The van der Waals surface area contributed by atoms with Gasteiger partial charge in [0, 0.05) is 11.6 Å². The van der Waals surface area contributed by atoms with E-state index in [-0.39, 0.29) is 24.2 Å². The molecular weight excluding hydrogens is 336 g/mol. The number of ether oxygens (including phenoxy) is 1. The fraction of sp³-hybridized carbons (Fsp3) is 0.350. The second-order valence-corrected chi connectivity index (χ2v) is 6.41. The van der Waals surface area contributed by atoms with Gasteiger partial charge in [0.15, 0.2) is 0 Å². The summed E-state index contributed by atoms with van der Waals surface area (Å²) in [5.74, 6) is 1.36. The summed E-state index contributed by atoms with van der Waals surface area (Å²) in [5, 5.41) is 2.98. The van der Waals surface area contributed by atoms with Gasteiger partial charge in [-0.15, -0.1) is 12.4 Å². The summed E-state index contributed by atoms with van der Waals surface area (Å²) < 4.78 is 5.14. The number of nitrogens with one attached hydrogen (secondary N) is 1. The zero-order valence-electron chi connectivity index (χ0n) is 14.4. The first-order valence-corrected chi connectivity index (χ1v) is 8.46. The molecule has 1 amide bonds. The summed E-state index contributed by atoms with van der Waals surface area (Å²) >= 11 is 0. The Kier molecular flexibility index (Phi) is 6.71. The van der Waals surface area contributed by atoms with E-state index in [1.165, 1.54) is 5.56 Å². The highest BCUT2D eigenvalue weighted by molar-refractivity contribution is 5.93. The maximum atomic E-state index is 12.5. The maximum absolute atomic E-state index is 12.5. The number of anilines is 2. The quantitative estimate of drug-likeness (QED) is 0.782. The fourth-order valence-corrected chi connectivity index (χ4v) is 3.47. The molecule has 1 fully saturated rings. The number of halogens is 1. The number of rotatable bonds is 4. The van der Waals surface area contributed by atoms with Crippen LogP contribution in [0.1, 0.15) is 37.2 Å². The molecule has 25 heavy (non-hydrogen) atoms. The molecule has 0 radical (unpaired) electrons. The van der Waals surface area contributed by atoms with Crippen molar-refractivity contribution in [2.24, 2.45) is 5.92 Å². The predicted octanol–water partition coefficient (Wildman–Crippen LogP) is 4.61. The van der Waals surface area contributed by atoms with Crippen molar-refractivity contribution in [2.75, 3.05) is 18.2 Å². The first-order valence-electron chi connectivity index (χ1n) is 8.46. The van der Waals surface area contributed by atoms with Gasteiger partial charge in [0.25, 0.3) is 0 Å². The second-order valence-electron chi connectivity index (χ2n) is 6.41. The number of hydrogen-bond acceptors (Lipinski definition) is 3. The predicted molar refractivity (Wildman–Crippen MR) is 104 cm³/mol. The van der Waals surface area contributed by atoms with E-state index in [4.69, 9.17) is 10.5 Å². The number of carbonyl (C=O) groups is 1. The Labute approximate surface area is 155 Å². The lowest BCUT2D eigenvalue weighted by Crippen LogP contribution is -2.26. The van der Waals surface area contributed by atoms with E-state index < -0.39 is 0 Å². The molecule has 0 unspecified atom stereocenters. The zero-order chi connectivity index (χ0) is 16.9. The number of hydrogen-bond donors (Lipinski definition) is 2. The average Bonchev–Trinajstić information content (AvgIpc) is 2.63. The number of methoxy groups -OCH3 is 1. The zero-order valence-corrected chi connectivity index (χ0v) is 15.2. The highest BCUT2D eigenvalue weighted by atomic mass is 35.5. The molecule has 0 aromatic heterocycles. The van der Waals surface area contributed by atoms with Crippen LogP contribution in [-0.2, 0) is 4.79 Å². The Hall–Kier alpha value is -2.20. The molecule has 4 nitrogen and oxygen atoms in total. The van der Waals surface area contributed by atoms with E-state index in [0.29, 0.717) is 17.4 Å². The van der Waals surface area contributed by atoms with Crippen LogP contribution in [0.15, 0.2) is 48.5 Å². The van der Waals surface area contributed by atoms with Crippen LogP contribution in [0.2, 0.25) is 0 Å². The molecule has 0 aliphatic heterocycles. The van der Waals surface area contributed by atoms with Crippen LogP contribution >= 0.6 is 12.4 Å². The van der Waals surface area contributed by atoms with Crippen LogP contribution in [-0.4, -0.2) is 13.0 Å². The molecule has 134 valence electrons. The first kappa shape index (κ1) is 19.1. The Morgan fingerprint density at radius 3 is 2.36 bits per heavy atom. The molecule has 0 spiro atoms. The van der Waals surface area contributed by atoms with E-state index in [1.54, 1.807) is 19.2 Å². The standard InChI is InChI=1S/C20H24N2O2.ClH/c1-24-19-12-11-17(13-18(19)21)22-20(23)16-9-7-15(8-10-16)14-5-3-2-4-6-14;/h2-6,11-13,15-16H,7-10,21H2,1H3,(H,22,23);1H. The van der Waals surface area contributed by atoms with Crippen molar-refractivity contribution in [3.63, 3.8) is 0 Å². The average molecular weight is 361 g/mol. The lowest BCUT2D eigenvalue weighted by atomic mass is 9.78. The minimum atomic E-state index is 0. The van der Waals surface area contributed by atoms with Crippen LogP contribution in [0, 0.1) is 5.92 Å². The van der Waals surface area contributed by atoms with Gasteiger partial charge < -0.3 is 15.8 Å². The minimum Gasteiger partial charge on any atom is -0.495 e. The van der Waals surface area contributed by atoms with Crippen LogP contribution in [0.5, 0.6) is 5.75 Å². The molecule has 0 saturated heterocycles. The Morgan fingerprint density at radius 2 is 1.76 bits per heavy atom. The lowest BCUT2D eigenvalue weighted by molar-refractivity contribution is -0.120. The van der Waals surface area contributed by atoms with Crippen molar-refractivity contribution in [1.29, 1.82) is 0 Å². The van der Waals surface area contributed by atoms with Crippen molar-refractivity contribution in [1.82, 2.24) is 0 Å². The molecule has 0 atom stereocenters. The normalized spacial score (nSPS) is 19.6. The summed E-state index contributed by atoms with van der Waals surface area (Å²) in [5.41, 5.74) is 8.54. The van der Waals surface area contributed by atoms with Crippen molar-refractivity contribution in [3.8, 4) is 5.75 Å². The third-order valence-electron chi connectivity index (χ3n) is 4.87. The summed E-state index contributed by atoms with van der Waals surface area (Å²) in [7, 11) is 1.58. The Bertz CT molecular complexity index is 698. The number of nitrogen functional groups attached to an aromatic ring is 1. The van der Waals surface area contributed by atoms with E-state index >= 15 is 0 Å². The van der Waals surface area contributed by atoms with Crippen molar-refractivity contribution < 1.29 is 9.53 Å². The molecule has 2 aromatic rings. The molecule has 0 bridgehead atoms. The molecule has 1 aliphatic carbocycles. The van der Waals surface area contributed by atoms with Gasteiger partial charge in [-0.2, -0.15) is 0 Å². The van der Waals surface area contributed by atoms with Crippen LogP contribution in [0.4, 0.5) is 11.4 Å². The topological polar surface area (TPSA) is 64.3 Å². The summed E-state index contributed by atoms with van der Waals surface area (Å²) in [6, 6.07) is 15.9. The third-order valence-corrected chi connectivity index (χ3v) is 4.87. The van der Waals surface area contributed by atoms with Crippen molar-refractivity contribution >= 4 is 29.7 Å². The van der Waals surface area contributed by atoms with Gasteiger partial charge in [-0.3, -0.25) is 4.79 Å². The molecule has 5 heteroatoms. The van der Waals surface area contributed by atoms with Gasteiger partial charge in [-0.05, 0) is 55.4 Å². The van der Waals surface area contributed by atoms with Gasteiger partial charge in [0.2, 0.25) is 5.91 Å². The molecule has 0 heterocycles. The Morgan fingerprint density at radius 1 is 1.08 bits per heavy atom. The number of nitrogens with two attached hydrogens (primary N) is 1. The van der Waals surface area contributed by atoms with E-state index in [9.17, 15) is 4.79 Å². The minimum absolute atomic E-state index is 0. The van der Waals surface area contributed by atoms with Crippen molar-refractivity contribution in [2.45, 2.75) is 31.6 Å². The maximum Gasteiger partial charge on any atom is 0.227 e. The molecule has 2 aromatic carbocycles. The highest BCUT2D eigenvalue weighted by Crippen LogP contribution is 2.36.